The highest BCUT2D eigenvalue weighted by molar-refractivity contribution is 6.03. The van der Waals surface area contributed by atoms with Crippen molar-refractivity contribution in [1.82, 2.24) is 5.32 Å². The third kappa shape index (κ3) is 5.59. The first-order chi connectivity index (χ1) is 11.8. The first-order valence-corrected chi connectivity index (χ1v) is 7.23. The molecule has 8 heteroatoms. The Hall–Kier alpha value is -2.90. The van der Waals surface area contributed by atoms with Gasteiger partial charge < -0.3 is 10.6 Å². The zero-order valence-electron chi connectivity index (χ0n) is 12.9. The standard InChI is InChI=1S/C17H14F4N2O2/c18-14-7-2-1-4-11(14)10-22-15(24)9-16(25)23-13-6-3-5-12(8-13)17(19,20)21/h1-8H,9-10H2,(H,22,24)(H,23,25). The van der Waals surface area contributed by atoms with E-state index in [4.69, 9.17) is 0 Å². The van der Waals surface area contributed by atoms with Crippen LogP contribution in [0.3, 0.4) is 0 Å². The van der Waals surface area contributed by atoms with Gasteiger partial charge in [-0.1, -0.05) is 24.3 Å². The second kappa shape index (κ2) is 7.78. The molecule has 0 saturated heterocycles. The Morgan fingerprint density at radius 2 is 1.68 bits per heavy atom. The van der Waals surface area contributed by atoms with Gasteiger partial charge in [-0.15, -0.1) is 0 Å². The quantitative estimate of drug-likeness (QED) is 0.638. The fourth-order valence-corrected chi connectivity index (χ4v) is 2.02. The lowest BCUT2D eigenvalue weighted by atomic mass is 10.2. The first kappa shape index (κ1) is 18.4. The Morgan fingerprint density at radius 3 is 2.36 bits per heavy atom. The maximum atomic E-state index is 13.4. The van der Waals surface area contributed by atoms with Crippen molar-refractivity contribution in [2.24, 2.45) is 0 Å². The minimum absolute atomic E-state index is 0.0678. The third-order valence-corrected chi connectivity index (χ3v) is 3.23. The number of carbonyl (C=O) groups is 2. The van der Waals surface area contributed by atoms with Crippen LogP contribution in [0.1, 0.15) is 17.5 Å². The average Bonchev–Trinajstić information content (AvgIpc) is 2.53. The Balaban J connectivity index is 1.88. The number of hydrogen-bond acceptors (Lipinski definition) is 2. The molecule has 2 N–H and O–H groups in total. The molecule has 0 bridgehead atoms. The Bertz CT molecular complexity index is 775. The van der Waals surface area contributed by atoms with E-state index in [9.17, 15) is 27.2 Å². The third-order valence-electron chi connectivity index (χ3n) is 3.23. The van der Waals surface area contributed by atoms with Crippen molar-refractivity contribution < 1.29 is 27.2 Å². The molecule has 2 aromatic carbocycles. The van der Waals surface area contributed by atoms with Crippen LogP contribution < -0.4 is 10.6 Å². The number of anilines is 1. The number of halogens is 4. The van der Waals surface area contributed by atoms with Crippen LogP contribution in [0.5, 0.6) is 0 Å². The number of amides is 2. The Labute approximate surface area is 140 Å². The fraction of sp³-hybridized carbons (Fsp3) is 0.176. The average molecular weight is 354 g/mol. The highest BCUT2D eigenvalue weighted by Crippen LogP contribution is 2.30. The van der Waals surface area contributed by atoms with Gasteiger partial charge in [-0.2, -0.15) is 13.2 Å². The number of nitrogens with one attached hydrogen (secondary N) is 2. The summed E-state index contributed by atoms with van der Waals surface area (Å²) in [4.78, 5) is 23.4. The molecule has 4 nitrogen and oxygen atoms in total. The summed E-state index contributed by atoms with van der Waals surface area (Å²) in [5.74, 6) is -1.94. The van der Waals surface area contributed by atoms with E-state index in [2.05, 4.69) is 10.6 Å². The molecule has 0 spiro atoms. The molecule has 25 heavy (non-hydrogen) atoms. The topological polar surface area (TPSA) is 58.2 Å². The number of rotatable bonds is 5. The highest BCUT2D eigenvalue weighted by Gasteiger charge is 2.30. The molecule has 0 radical (unpaired) electrons. The van der Waals surface area contributed by atoms with Gasteiger partial charge >= 0.3 is 6.18 Å². The molecule has 0 aliphatic carbocycles. The summed E-state index contributed by atoms with van der Waals surface area (Å²) in [6.07, 6.45) is -5.12. The maximum Gasteiger partial charge on any atom is 0.416 e. The molecular weight excluding hydrogens is 340 g/mol. The molecule has 0 atom stereocenters. The van der Waals surface area contributed by atoms with Gasteiger partial charge in [0.25, 0.3) is 0 Å². The molecule has 0 aromatic heterocycles. The summed E-state index contributed by atoms with van der Waals surface area (Å²) in [5.41, 5.74) is -0.717. The summed E-state index contributed by atoms with van der Waals surface area (Å²) in [7, 11) is 0. The van der Waals surface area contributed by atoms with Gasteiger partial charge in [0.2, 0.25) is 11.8 Å². The lowest BCUT2D eigenvalue weighted by molar-refractivity contribution is -0.137. The van der Waals surface area contributed by atoms with E-state index in [1.165, 1.54) is 24.3 Å². The summed E-state index contributed by atoms with van der Waals surface area (Å²) < 4.78 is 51.2. The smallest absolute Gasteiger partial charge is 0.351 e. The van der Waals surface area contributed by atoms with Crippen molar-refractivity contribution in [3.63, 3.8) is 0 Å². The van der Waals surface area contributed by atoms with Crippen molar-refractivity contribution in [3.8, 4) is 0 Å². The van der Waals surface area contributed by atoms with Crippen LogP contribution in [0.2, 0.25) is 0 Å². The number of alkyl halides is 3. The molecule has 0 unspecified atom stereocenters. The first-order valence-electron chi connectivity index (χ1n) is 7.23. The van der Waals surface area contributed by atoms with Crippen LogP contribution in [-0.4, -0.2) is 11.8 Å². The fourth-order valence-electron chi connectivity index (χ4n) is 2.02. The zero-order valence-corrected chi connectivity index (χ0v) is 12.9. The lowest BCUT2D eigenvalue weighted by Crippen LogP contribution is -2.28. The van der Waals surface area contributed by atoms with Gasteiger partial charge in [0.15, 0.2) is 0 Å². The van der Waals surface area contributed by atoms with E-state index >= 15 is 0 Å². The molecule has 0 aliphatic rings. The normalized spacial score (nSPS) is 11.0. The van der Waals surface area contributed by atoms with Crippen LogP contribution >= 0.6 is 0 Å². The molecule has 0 fully saturated rings. The summed E-state index contributed by atoms with van der Waals surface area (Å²) in [6, 6.07) is 9.90. The van der Waals surface area contributed by atoms with Crippen molar-refractivity contribution in [1.29, 1.82) is 0 Å². The zero-order chi connectivity index (χ0) is 18.4. The predicted octanol–water partition coefficient (Wildman–Crippen LogP) is 3.49. The minimum atomic E-state index is -4.53. The van der Waals surface area contributed by atoms with Gasteiger partial charge in [0.05, 0.1) is 5.56 Å². The molecule has 2 rings (SSSR count). The van der Waals surface area contributed by atoms with E-state index < -0.39 is 35.8 Å². The highest BCUT2D eigenvalue weighted by atomic mass is 19.4. The molecule has 0 heterocycles. The molecule has 0 aliphatic heterocycles. The van der Waals surface area contributed by atoms with Crippen LogP contribution in [0, 0.1) is 5.82 Å². The second-order valence-corrected chi connectivity index (χ2v) is 5.17. The van der Waals surface area contributed by atoms with Crippen molar-refractivity contribution in [2.75, 3.05) is 5.32 Å². The number of carbonyl (C=O) groups excluding carboxylic acids is 2. The van der Waals surface area contributed by atoms with E-state index in [-0.39, 0.29) is 17.8 Å². The summed E-state index contributed by atoms with van der Waals surface area (Å²) >= 11 is 0. The SMILES string of the molecule is O=C(CC(=O)Nc1cccc(C(F)(F)F)c1)NCc1ccccc1F. The van der Waals surface area contributed by atoms with Crippen LogP contribution in [-0.2, 0) is 22.3 Å². The summed E-state index contributed by atoms with van der Waals surface area (Å²) in [6.45, 7) is -0.0949. The predicted molar refractivity (Wildman–Crippen MR) is 82.9 cm³/mol. The van der Waals surface area contributed by atoms with Crippen molar-refractivity contribution >= 4 is 17.5 Å². The van der Waals surface area contributed by atoms with Gasteiger partial charge in [-0.05, 0) is 24.3 Å². The number of benzene rings is 2. The van der Waals surface area contributed by atoms with E-state index in [0.717, 1.165) is 18.2 Å². The van der Waals surface area contributed by atoms with E-state index in [0.29, 0.717) is 0 Å². The van der Waals surface area contributed by atoms with Gasteiger partial charge in [0, 0.05) is 17.8 Å². The summed E-state index contributed by atoms with van der Waals surface area (Å²) in [5, 5.41) is 4.59. The molecular formula is C17H14F4N2O2. The van der Waals surface area contributed by atoms with Crippen LogP contribution in [0.4, 0.5) is 23.2 Å². The second-order valence-electron chi connectivity index (χ2n) is 5.17. The van der Waals surface area contributed by atoms with Crippen molar-refractivity contribution in [2.45, 2.75) is 19.1 Å². The van der Waals surface area contributed by atoms with Crippen molar-refractivity contribution in [3.05, 3.63) is 65.5 Å². The van der Waals surface area contributed by atoms with Crippen LogP contribution in [0.15, 0.2) is 48.5 Å². The van der Waals surface area contributed by atoms with E-state index in [1.807, 2.05) is 0 Å². The lowest BCUT2D eigenvalue weighted by Gasteiger charge is -2.10. The van der Waals surface area contributed by atoms with E-state index in [1.54, 1.807) is 6.07 Å². The molecule has 2 amide bonds. The monoisotopic (exact) mass is 354 g/mol. The van der Waals surface area contributed by atoms with Crippen LogP contribution in [0.25, 0.3) is 0 Å². The van der Waals surface area contributed by atoms with Gasteiger partial charge in [-0.25, -0.2) is 4.39 Å². The Kier molecular flexibility index (Phi) is 5.74. The van der Waals surface area contributed by atoms with Gasteiger partial charge in [-0.3, -0.25) is 9.59 Å². The van der Waals surface area contributed by atoms with Gasteiger partial charge in [0.1, 0.15) is 12.2 Å². The molecule has 2 aromatic rings. The maximum absolute atomic E-state index is 13.4. The molecule has 132 valence electrons. The molecule has 0 saturated carbocycles. The Morgan fingerprint density at radius 1 is 0.960 bits per heavy atom. The minimum Gasteiger partial charge on any atom is -0.351 e. The largest absolute Gasteiger partial charge is 0.416 e. The number of hydrogen-bond donors (Lipinski definition) is 2.